The van der Waals surface area contributed by atoms with Crippen molar-refractivity contribution in [1.29, 1.82) is 0 Å². The van der Waals surface area contributed by atoms with Gasteiger partial charge in [0.05, 0.1) is 10.6 Å². The molecule has 0 saturated heterocycles. The predicted octanol–water partition coefficient (Wildman–Crippen LogP) is 1.16. The number of rotatable bonds is 4. The summed E-state index contributed by atoms with van der Waals surface area (Å²) in [4.78, 5) is 3.97. The van der Waals surface area contributed by atoms with Crippen LogP contribution in [-0.4, -0.2) is 18.5 Å². The molecule has 4 N–H and O–H groups in total. The second-order valence-electron chi connectivity index (χ2n) is 4.35. The number of phenolic OH excluding ortho intramolecular Hbond substituents is 1. The van der Waals surface area contributed by atoms with E-state index in [4.69, 9.17) is 5.73 Å². The van der Waals surface area contributed by atoms with E-state index in [0.29, 0.717) is 0 Å². The Balaban J connectivity index is 2.19. The molecule has 6 nitrogen and oxygen atoms in total. The molecule has 0 atom stereocenters. The van der Waals surface area contributed by atoms with Crippen LogP contribution >= 0.6 is 0 Å². The summed E-state index contributed by atoms with van der Waals surface area (Å²) in [6, 6.07) is 5.57. The van der Waals surface area contributed by atoms with Gasteiger partial charge in [-0.3, -0.25) is 4.98 Å². The Labute approximate surface area is 117 Å². The number of aryl methyl sites for hydroxylation is 1. The SMILES string of the molecule is Cc1ccncc1CNS(=O)(=O)c1ccc(O)c(N)c1. The Morgan fingerprint density at radius 3 is 2.75 bits per heavy atom. The molecule has 0 aliphatic rings. The first kappa shape index (κ1) is 14.3. The van der Waals surface area contributed by atoms with Crippen LogP contribution in [0.25, 0.3) is 0 Å². The number of nitrogens with two attached hydrogens (primary N) is 1. The number of nitrogens with one attached hydrogen (secondary N) is 1. The number of pyridine rings is 1. The fourth-order valence-electron chi connectivity index (χ4n) is 1.64. The molecule has 1 heterocycles. The summed E-state index contributed by atoms with van der Waals surface area (Å²) >= 11 is 0. The quantitative estimate of drug-likeness (QED) is 0.579. The van der Waals surface area contributed by atoms with E-state index >= 15 is 0 Å². The third kappa shape index (κ3) is 3.06. The van der Waals surface area contributed by atoms with Crippen LogP contribution in [0, 0.1) is 6.92 Å². The van der Waals surface area contributed by atoms with Gasteiger partial charge in [0.25, 0.3) is 0 Å². The first-order valence-corrected chi connectivity index (χ1v) is 7.36. The van der Waals surface area contributed by atoms with Crippen LogP contribution < -0.4 is 10.5 Å². The van der Waals surface area contributed by atoms with Crippen molar-refractivity contribution in [3.05, 3.63) is 47.8 Å². The summed E-state index contributed by atoms with van der Waals surface area (Å²) in [6.45, 7) is 2.02. The first-order chi connectivity index (χ1) is 9.40. The topological polar surface area (TPSA) is 105 Å². The lowest BCUT2D eigenvalue weighted by Crippen LogP contribution is -2.23. The Kier molecular flexibility index (Phi) is 3.91. The molecule has 2 rings (SSSR count). The van der Waals surface area contributed by atoms with E-state index in [1.54, 1.807) is 12.4 Å². The smallest absolute Gasteiger partial charge is 0.240 e. The number of anilines is 1. The number of aromatic hydroxyl groups is 1. The highest BCUT2D eigenvalue weighted by atomic mass is 32.2. The van der Waals surface area contributed by atoms with Crippen LogP contribution in [0.4, 0.5) is 5.69 Å². The molecule has 20 heavy (non-hydrogen) atoms. The van der Waals surface area contributed by atoms with Gasteiger partial charge in [0.1, 0.15) is 5.75 Å². The molecule has 106 valence electrons. The normalized spacial score (nSPS) is 11.4. The van der Waals surface area contributed by atoms with Crippen LogP contribution in [0.5, 0.6) is 5.75 Å². The lowest BCUT2D eigenvalue weighted by Gasteiger charge is -2.09. The molecular weight excluding hydrogens is 278 g/mol. The highest BCUT2D eigenvalue weighted by Gasteiger charge is 2.15. The fourth-order valence-corrected chi connectivity index (χ4v) is 2.68. The molecule has 0 fully saturated rings. The van der Waals surface area contributed by atoms with Crippen LogP contribution in [0.2, 0.25) is 0 Å². The maximum Gasteiger partial charge on any atom is 0.240 e. The summed E-state index contributed by atoms with van der Waals surface area (Å²) in [5, 5.41) is 9.31. The van der Waals surface area contributed by atoms with Crippen molar-refractivity contribution < 1.29 is 13.5 Å². The number of phenols is 1. The Hall–Kier alpha value is -2.12. The lowest BCUT2D eigenvalue weighted by atomic mass is 10.2. The molecule has 0 spiro atoms. The zero-order valence-corrected chi connectivity index (χ0v) is 11.7. The summed E-state index contributed by atoms with van der Waals surface area (Å²) in [7, 11) is -3.68. The fraction of sp³-hybridized carbons (Fsp3) is 0.154. The Morgan fingerprint density at radius 1 is 1.35 bits per heavy atom. The van der Waals surface area contributed by atoms with Crippen molar-refractivity contribution in [3.63, 3.8) is 0 Å². The van der Waals surface area contributed by atoms with E-state index in [0.717, 1.165) is 11.1 Å². The van der Waals surface area contributed by atoms with Crippen LogP contribution in [-0.2, 0) is 16.6 Å². The largest absolute Gasteiger partial charge is 0.506 e. The van der Waals surface area contributed by atoms with Gasteiger partial charge in [-0.1, -0.05) is 0 Å². The zero-order valence-electron chi connectivity index (χ0n) is 10.9. The van der Waals surface area contributed by atoms with Crippen molar-refractivity contribution in [1.82, 2.24) is 9.71 Å². The second kappa shape index (κ2) is 5.48. The van der Waals surface area contributed by atoms with E-state index < -0.39 is 10.0 Å². The number of aromatic nitrogens is 1. The van der Waals surface area contributed by atoms with Gasteiger partial charge in [0.15, 0.2) is 0 Å². The molecule has 1 aromatic heterocycles. The second-order valence-corrected chi connectivity index (χ2v) is 6.11. The minimum absolute atomic E-state index is 0.00865. The van der Waals surface area contributed by atoms with Crippen LogP contribution in [0.1, 0.15) is 11.1 Å². The number of hydrogen-bond donors (Lipinski definition) is 3. The standard InChI is InChI=1S/C13H15N3O3S/c1-9-4-5-15-7-10(9)8-16-20(18,19)11-2-3-13(17)12(14)6-11/h2-7,16-17H,8,14H2,1H3. The van der Waals surface area contributed by atoms with Gasteiger partial charge in [0.2, 0.25) is 10.0 Å². The molecule has 0 aliphatic heterocycles. The van der Waals surface area contributed by atoms with Crippen molar-refractivity contribution >= 4 is 15.7 Å². The third-order valence-corrected chi connectivity index (χ3v) is 4.31. The first-order valence-electron chi connectivity index (χ1n) is 5.88. The van der Waals surface area contributed by atoms with E-state index in [1.807, 2.05) is 13.0 Å². The van der Waals surface area contributed by atoms with Crippen molar-refractivity contribution in [2.75, 3.05) is 5.73 Å². The molecule has 1 aromatic carbocycles. The van der Waals surface area contributed by atoms with Gasteiger partial charge in [-0.25, -0.2) is 13.1 Å². The van der Waals surface area contributed by atoms with E-state index in [-0.39, 0.29) is 22.9 Å². The van der Waals surface area contributed by atoms with Crippen molar-refractivity contribution in [2.24, 2.45) is 0 Å². The highest BCUT2D eigenvalue weighted by Crippen LogP contribution is 2.23. The van der Waals surface area contributed by atoms with Gasteiger partial charge in [-0.15, -0.1) is 0 Å². The number of benzene rings is 1. The van der Waals surface area contributed by atoms with Gasteiger partial charge in [-0.05, 0) is 42.3 Å². The van der Waals surface area contributed by atoms with Gasteiger partial charge in [0, 0.05) is 18.9 Å². The maximum atomic E-state index is 12.1. The third-order valence-electron chi connectivity index (χ3n) is 2.91. The molecule has 0 aliphatic carbocycles. The van der Waals surface area contributed by atoms with Gasteiger partial charge >= 0.3 is 0 Å². The van der Waals surface area contributed by atoms with Crippen LogP contribution in [0.15, 0.2) is 41.6 Å². The van der Waals surface area contributed by atoms with E-state index in [2.05, 4.69) is 9.71 Å². The maximum absolute atomic E-state index is 12.1. The number of nitrogen functional groups attached to an aromatic ring is 1. The minimum atomic E-state index is -3.68. The summed E-state index contributed by atoms with van der Waals surface area (Å²) in [5.74, 6) is -0.146. The van der Waals surface area contributed by atoms with E-state index in [1.165, 1.54) is 18.2 Å². The average molecular weight is 293 g/mol. The highest BCUT2D eigenvalue weighted by molar-refractivity contribution is 7.89. The van der Waals surface area contributed by atoms with Gasteiger partial charge < -0.3 is 10.8 Å². The van der Waals surface area contributed by atoms with Gasteiger partial charge in [-0.2, -0.15) is 0 Å². The van der Waals surface area contributed by atoms with Crippen LogP contribution in [0.3, 0.4) is 0 Å². The molecule has 0 unspecified atom stereocenters. The molecule has 0 saturated carbocycles. The predicted molar refractivity (Wildman–Crippen MR) is 75.5 cm³/mol. The van der Waals surface area contributed by atoms with Crippen molar-refractivity contribution in [2.45, 2.75) is 18.4 Å². The number of sulfonamides is 1. The zero-order chi connectivity index (χ0) is 14.8. The number of hydrogen-bond acceptors (Lipinski definition) is 5. The lowest BCUT2D eigenvalue weighted by molar-refractivity contribution is 0.477. The number of nitrogens with zero attached hydrogens (tertiary/aromatic N) is 1. The summed E-state index contributed by atoms with van der Waals surface area (Å²) < 4.78 is 26.7. The minimum Gasteiger partial charge on any atom is -0.506 e. The molecule has 0 radical (unpaired) electrons. The molecular formula is C13H15N3O3S. The summed E-state index contributed by atoms with van der Waals surface area (Å²) in [6.07, 6.45) is 3.26. The molecule has 0 bridgehead atoms. The molecule has 7 heteroatoms. The summed E-state index contributed by atoms with van der Waals surface area (Å²) in [5.41, 5.74) is 7.26. The van der Waals surface area contributed by atoms with E-state index in [9.17, 15) is 13.5 Å². The monoisotopic (exact) mass is 293 g/mol. The Bertz CT molecular complexity index is 729. The molecule has 0 amide bonds. The molecule has 2 aromatic rings. The Morgan fingerprint density at radius 2 is 2.10 bits per heavy atom. The van der Waals surface area contributed by atoms with Crippen molar-refractivity contribution in [3.8, 4) is 5.75 Å². The average Bonchev–Trinajstić information content (AvgIpc) is 2.41.